The van der Waals surface area contributed by atoms with E-state index in [1.807, 2.05) is 29.2 Å². The molecule has 112 valence electrons. The molecule has 0 radical (unpaired) electrons. The molecule has 1 amide bonds. The van der Waals surface area contributed by atoms with Crippen LogP contribution in [0.1, 0.15) is 26.2 Å². The van der Waals surface area contributed by atoms with Gasteiger partial charge in [0.2, 0.25) is 5.91 Å². The number of rotatable bonds is 9. The molecule has 0 aromatic heterocycles. The molecule has 0 saturated carbocycles. The number of carbonyl (C=O) groups excluding carboxylic acids is 1. The van der Waals surface area contributed by atoms with Crippen LogP contribution >= 0.6 is 15.9 Å². The second-order valence-corrected chi connectivity index (χ2v) is 5.68. The summed E-state index contributed by atoms with van der Waals surface area (Å²) in [5, 5.41) is 11.9. The highest BCUT2D eigenvalue weighted by molar-refractivity contribution is 9.10. The van der Waals surface area contributed by atoms with Gasteiger partial charge in [-0.3, -0.25) is 9.69 Å². The Kier molecular flexibility index (Phi) is 8.49. The highest BCUT2D eigenvalue weighted by Gasteiger charge is 2.10. The number of benzene rings is 1. The van der Waals surface area contributed by atoms with Crippen LogP contribution in [-0.2, 0) is 4.79 Å². The molecule has 0 heterocycles. The molecular weight excluding hydrogens is 320 g/mol. The van der Waals surface area contributed by atoms with Crippen molar-refractivity contribution in [3.63, 3.8) is 0 Å². The molecule has 1 rings (SSSR count). The van der Waals surface area contributed by atoms with Gasteiger partial charge in [-0.05, 0) is 37.2 Å². The minimum absolute atomic E-state index is 0.0442. The first-order chi connectivity index (χ1) is 9.65. The van der Waals surface area contributed by atoms with E-state index in [0.717, 1.165) is 36.0 Å². The van der Waals surface area contributed by atoms with Crippen molar-refractivity contribution in [3.05, 3.63) is 28.7 Å². The standard InChI is InChI=1S/C15H23BrN2O2/c1-2-3-4-9-18(10-11-19)12-15(20)17-14-7-5-13(16)6-8-14/h5-8,19H,2-4,9-12H2,1H3,(H,17,20). The molecule has 4 nitrogen and oxygen atoms in total. The predicted octanol–water partition coefficient (Wildman–Crippen LogP) is 2.87. The van der Waals surface area contributed by atoms with E-state index in [1.54, 1.807) is 0 Å². The lowest BCUT2D eigenvalue weighted by molar-refractivity contribution is -0.117. The number of carbonyl (C=O) groups is 1. The van der Waals surface area contributed by atoms with Crippen molar-refractivity contribution < 1.29 is 9.90 Å². The van der Waals surface area contributed by atoms with Crippen molar-refractivity contribution in [2.24, 2.45) is 0 Å². The Bertz CT molecular complexity index is 395. The van der Waals surface area contributed by atoms with Gasteiger partial charge in [0.25, 0.3) is 0 Å². The number of hydrogen-bond acceptors (Lipinski definition) is 3. The van der Waals surface area contributed by atoms with Crippen molar-refractivity contribution in [1.29, 1.82) is 0 Å². The highest BCUT2D eigenvalue weighted by Crippen LogP contribution is 2.14. The number of halogens is 1. The number of unbranched alkanes of at least 4 members (excludes halogenated alkanes) is 2. The normalized spacial score (nSPS) is 10.8. The molecule has 20 heavy (non-hydrogen) atoms. The third-order valence-electron chi connectivity index (χ3n) is 2.99. The topological polar surface area (TPSA) is 52.6 Å². The van der Waals surface area contributed by atoms with Crippen LogP contribution in [0.25, 0.3) is 0 Å². The maximum atomic E-state index is 12.0. The highest BCUT2D eigenvalue weighted by atomic mass is 79.9. The summed E-state index contributed by atoms with van der Waals surface area (Å²) >= 11 is 3.36. The first kappa shape index (κ1) is 17.1. The molecule has 1 aromatic rings. The Labute approximate surface area is 129 Å². The molecule has 1 aromatic carbocycles. The van der Waals surface area contributed by atoms with Crippen molar-refractivity contribution in [2.45, 2.75) is 26.2 Å². The third-order valence-corrected chi connectivity index (χ3v) is 3.52. The Morgan fingerprint density at radius 2 is 1.95 bits per heavy atom. The summed E-state index contributed by atoms with van der Waals surface area (Å²) in [6, 6.07) is 7.50. The van der Waals surface area contributed by atoms with Crippen LogP contribution in [0.15, 0.2) is 28.7 Å². The third kappa shape index (κ3) is 7.03. The number of aliphatic hydroxyl groups is 1. The number of nitrogens with zero attached hydrogens (tertiary/aromatic N) is 1. The number of amides is 1. The molecular formula is C15H23BrN2O2. The lowest BCUT2D eigenvalue weighted by Gasteiger charge is -2.20. The van der Waals surface area contributed by atoms with Crippen LogP contribution in [0.2, 0.25) is 0 Å². The summed E-state index contributed by atoms with van der Waals surface area (Å²) in [6.45, 7) is 3.94. The average Bonchev–Trinajstić information content (AvgIpc) is 2.42. The lowest BCUT2D eigenvalue weighted by Crippen LogP contribution is -2.36. The second kappa shape index (κ2) is 9.91. The van der Waals surface area contributed by atoms with Gasteiger partial charge in [-0.15, -0.1) is 0 Å². The molecule has 0 saturated heterocycles. The van der Waals surface area contributed by atoms with Crippen LogP contribution in [0.5, 0.6) is 0 Å². The van der Waals surface area contributed by atoms with E-state index in [-0.39, 0.29) is 12.5 Å². The minimum atomic E-state index is -0.0442. The van der Waals surface area contributed by atoms with E-state index in [0.29, 0.717) is 13.1 Å². The van der Waals surface area contributed by atoms with Gasteiger partial charge in [0, 0.05) is 16.7 Å². The second-order valence-electron chi connectivity index (χ2n) is 4.76. The molecule has 0 aliphatic carbocycles. The summed E-state index contributed by atoms with van der Waals surface area (Å²) in [7, 11) is 0. The van der Waals surface area contributed by atoms with Crippen LogP contribution in [0, 0.1) is 0 Å². The summed E-state index contributed by atoms with van der Waals surface area (Å²) < 4.78 is 0.983. The van der Waals surface area contributed by atoms with Crippen LogP contribution in [0.3, 0.4) is 0 Å². The fourth-order valence-electron chi connectivity index (χ4n) is 1.93. The quantitative estimate of drug-likeness (QED) is 0.678. The lowest BCUT2D eigenvalue weighted by atomic mass is 10.2. The number of hydrogen-bond donors (Lipinski definition) is 2. The number of nitrogens with one attached hydrogen (secondary N) is 1. The SMILES string of the molecule is CCCCCN(CCO)CC(=O)Nc1ccc(Br)cc1. The zero-order valence-electron chi connectivity index (χ0n) is 11.9. The zero-order chi connectivity index (χ0) is 14.8. The van der Waals surface area contributed by atoms with Crippen LogP contribution in [-0.4, -0.2) is 42.2 Å². The van der Waals surface area contributed by atoms with Gasteiger partial charge in [0.05, 0.1) is 13.2 Å². The van der Waals surface area contributed by atoms with Crippen LogP contribution in [0.4, 0.5) is 5.69 Å². The Hall–Kier alpha value is -0.910. The van der Waals surface area contributed by atoms with Crippen molar-refractivity contribution >= 4 is 27.5 Å². The van der Waals surface area contributed by atoms with E-state index < -0.39 is 0 Å². The first-order valence-electron chi connectivity index (χ1n) is 7.04. The average molecular weight is 343 g/mol. The molecule has 0 bridgehead atoms. The van der Waals surface area contributed by atoms with Crippen molar-refractivity contribution in [3.8, 4) is 0 Å². The molecule has 2 N–H and O–H groups in total. The first-order valence-corrected chi connectivity index (χ1v) is 7.83. The Morgan fingerprint density at radius 1 is 1.25 bits per heavy atom. The summed E-state index contributed by atoms with van der Waals surface area (Å²) in [6.07, 6.45) is 3.36. The molecule has 0 atom stereocenters. The number of aliphatic hydroxyl groups excluding tert-OH is 1. The molecule has 0 aliphatic rings. The van der Waals surface area contributed by atoms with Crippen molar-refractivity contribution in [2.75, 3.05) is 31.6 Å². The van der Waals surface area contributed by atoms with Crippen LogP contribution < -0.4 is 5.32 Å². The maximum absolute atomic E-state index is 12.0. The summed E-state index contributed by atoms with van der Waals surface area (Å²) in [4.78, 5) is 14.0. The fraction of sp³-hybridized carbons (Fsp3) is 0.533. The van der Waals surface area contributed by atoms with Gasteiger partial charge in [-0.1, -0.05) is 35.7 Å². The molecule has 0 fully saturated rings. The predicted molar refractivity (Wildman–Crippen MR) is 85.8 cm³/mol. The van der Waals surface area contributed by atoms with Gasteiger partial charge in [-0.25, -0.2) is 0 Å². The van der Waals surface area contributed by atoms with Gasteiger partial charge in [0.1, 0.15) is 0 Å². The van der Waals surface area contributed by atoms with Gasteiger partial charge < -0.3 is 10.4 Å². The maximum Gasteiger partial charge on any atom is 0.238 e. The monoisotopic (exact) mass is 342 g/mol. The number of anilines is 1. The Morgan fingerprint density at radius 3 is 2.55 bits per heavy atom. The molecule has 5 heteroatoms. The Balaban J connectivity index is 2.42. The van der Waals surface area contributed by atoms with E-state index in [1.165, 1.54) is 0 Å². The fourth-order valence-corrected chi connectivity index (χ4v) is 2.20. The molecule has 0 aliphatic heterocycles. The summed E-state index contributed by atoms with van der Waals surface area (Å²) in [5.74, 6) is -0.0442. The zero-order valence-corrected chi connectivity index (χ0v) is 13.5. The van der Waals surface area contributed by atoms with E-state index in [9.17, 15) is 4.79 Å². The van der Waals surface area contributed by atoms with E-state index >= 15 is 0 Å². The smallest absolute Gasteiger partial charge is 0.238 e. The molecule has 0 unspecified atom stereocenters. The van der Waals surface area contributed by atoms with Gasteiger partial charge >= 0.3 is 0 Å². The van der Waals surface area contributed by atoms with Gasteiger partial charge in [0.15, 0.2) is 0 Å². The molecule has 0 spiro atoms. The largest absolute Gasteiger partial charge is 0.395 e. The van der Waals surface area contributed by atoms with E-state index in [2.05, 4.69) is 28.2 Å². The van der Waals surface area contributed by atoms with Crippen molar-refractivity contribution in [1.82, 2.24) is 4.90 Å². The summed E-state index contributed by atoms with van der Waals surface area (Å²) in [5.41, 5.74) is 0.788. The van der Waals surface area contributed by atoms with E-state index in [4.69, 9.17) is 5.11 Å². The van der Waals surface area contributed by atoms with Gasteiger partial charge in [-0.2, -0.15) is 0 Å². The minimum Gasteiger partial charge on any atom is -0.395 e.